The van der Waals surface area contributed by atoms with E-state index in [2.05, 4.69) is 10.0 Å². The monoisotopic (exact) mass is 554 g/mol. The standard InChI is InChI=1S/C26H35ClN2O7S/c1-25(2,3)19-20(29-37(32,33)15-27)18(34-6)14-17-21(19)36-26(4,5)23(30)22(17)35-24(31)28-13-12-16-10-8-7-9-11-16/h7-11,14,22-23,29-30H,12-13,15H2,1-6H3,(H,28,31)/t22-,23+/m0/s1. The fourth-order valence-corrected chi connectivity index (χ4v) is 4.97. The minimum Gasteiger partial charge on any atom is -0.495 e. The van der Waals surface area contributed by atoms with Gasteiger partial charge in [-0.15, -0.1) is 11.6 Å². The Bertz CT molecular complexity index is 1230. The summed E-state index contributed by atoms with van der Waals surface area (Å²) >= 11 is 5.65. The number of hydrogen-bond donors (Lipinski definition) is 3. The summed E-state index contributed by atoms with van der Waals surface area (Å²) in [5.41, 5.74) is 0.261. The van der Waals surface area contributed by atoms with E-state index in [1.807, 2.05) is 51.1 Å². The number of nitrogens with one attached hydrogen (secondary N) is 2. The van der Waals surface area contributed by atoms with Crippen molar-refractivity contribution in [1.82, 2.24) is 5.32 Å². The Hall–Kier alpha value is -2.69. The number of amides is 1. The molecule has 0 fully saturated rings. The molecule has 2 atom stereocenters. The molecule has 0 radical (unpaired) electrons. The van der Waals surface area contributed by atoms with Gasteiger partial charge in [0.15, 0.2) is 6.10 Å². The molecule has 204 valence electrons. The summed E-state index contributed by atoms with van der Waals surface area (Å²) in [4.78, 5) is 12.8. The fraction of sp³-hybridized carbons (Fsp3) is 0.500. The second-order valence-corrected chi connectivity index (χ2v) is 12.8. The van der Waals surface area contributed by atoms with Gasteiger partial charge in [-0.1, -0.05) is 51.1 Å². The first-order chi connectivity index (χ1) is 17.2. The SMILES string of the molecule is COc1cc2c(c(C(C)(C)C)c1NS(=O)(=O)CCl)OC(C)(C)[C@H](O)[C@H]2OC(=O)NCCc1ccccc1. The zero-order valence-electron chi connectivity index (χ0n) is 21.9. The van der Waals surface area contributed by atoms with Gasteiger partial charge in [-0.25, -0.2) is 13.2 Å². The lowest BCUT2D eigenvalue weighted by Crippen LogP contribution is -2.51. The summed E-state index contributed by atoms with van der Waals surface area (Å²) < 4.78 is 44.9. The number of rotatable bonds is 8. The second kappa shape index (κ2) is 11.0. The van der Waals surface area contributed by atoms with Gasteiger partial charge in [-0.05, 0) is 37.3 Å². The summed E-state index contributed by atoms with van der Waals surface area (Å²) in [6.07, 6.45) is -2.42. The Balaban J connectivity index is 2.03. The lowest BCUT2D eigenvalue weighted by molar-refractivity contribution is -0.114. The summed E-state index contributed by atoms with van der Waals surface area (Å²) in [5.74, 6) is 0.476. The van der Waals surface area contributed by atoms with Crippen molar-refractivity contribution in [2.45, 2.75) is 64.3 Å². The molecule has 0 saturated heterocycles. The number of methoxy groups -OCH3 is 1. The molecule has 2 aromatic carbocycles. The smallest absolute Gasteiger partial charge is 0.407 e. The fourth-order valence-electron chi connectivity index (χ4n) is 4.24. The zero-order valence-corrected chi connectivity index (χ0v) is 23.5. The summed E-state index contributed by atoms with van der Waals surface area (Å²) in [6, 6.07) is 11.2. The van der Waals surface area contributed by atoms with E-state index in [1.165, 1.54) is 13.2 Å². The number of alkyl halides is 1. The molecular formula is C26H35ClN2O7S. The van der Waals surface area contributed by atoms with Crippen molar-refractivity contribution in [3.05, 3.63) is 53.1 Å². The van der Waals surface area contributed by atoms with Crippen LogP contribution in [-0.2, 0) is 26.6 Å². The van der Waals surface area contributed by atoms with Gasteiger partial charge < -0.3 is 24.6 Å². The number of anilines is 1. The number of benzene rings is 2. The third-order valence-corrected chi connectivity index (χ3v) is 7.74. The maximum absolute atomic E-state index is 12.8. The van der Waals surface area contributed by atoms with E-state index >= 15 is 0 Å². The number of alkyl carbamates (subject to hydrolysis) is 1. The normalized spacial score (nSPS) is 18.8. The van der Waals surface area contributed by atoms with Gasteiger partial charge >= 0.3 is 6.09 Å². The maximum atomic E-state index is 12.8. The van der Waals surface area contributed by atoms with Gasteiger partial charge in [0.05, 0.1) is 12.8 Å². The van der Waals surface area contributed by atoms with E-state index in [0.717, 1.165) is 5.56 Å². The first kappa shape index (κ1) is 28.9. The van der Waals surface area contributed by atoms with Crippen molar-refractivity contribution < 1.29 is 32.5 Å². The van der Waals surface area contributed by atoms with Crippen LogP contribution in [-0.4, -0.2) is 50.2 Å². The van der Waals surface area contributed by atoms with E-state index < -0.39 is 44.6 Å². The van der Waals surface area contributed by atoms with Gasteiger partial charge in [-0.3, -0.25) is 4.72 Å². The Morgan fingerprint density at radius 2 is 1.86 bits per heavy atom. The van der Waals surface area contributed by atoms with Crippen LogP contribution in [0.1, 0.15) is 57.4 Å². The van der Waals surface area contributed by atoms with Crippen LogP contribution in [0.2, 0.25) is 0 Å². The van der Waals surface area contributed by atoms with E-state index in [9.17, 15) is 18.3 Å². The van der Waals surface area contributed by atoms with Crippen molar-refractivity contribution in [2.75, 3.05) is 23.6 Å². The molecule has 0 bridgehead atoms. The Labute approximate surface area is 223 Å². The third kappa shape index (κ3) is 6.61. The lowest BCUT2D eigenvalue weighted by atomic mass is 9.79. The molecule has 0 unspecified atom stereocenters. The van der Waals surface area contributed by atoms with E-state index in [1.54, 1.807) is 13.8 Å². The van der Waals surface area contributed by atoms with Crippen LogP contribution >= 0.6 is 11.6 Å². The molecule has 11 heteroatoms. The predicted molar refractivity (Wildman–Crippen MR) is 143 cm³/mol. The average Bonchev–Trinajstić information content (AvgIpc) is 2.81. The summed E-state index contributed by atoms with van der Waals surface area (Å²) in [5, 5.41) is 13.2. The number of hydrogen-bond acceptors (Lipinski definition) is 7. The van der Waals surface area contributed by atoms with Crippen LogP contribution in [0.4, 0.5) is 10.5 Å². The number of ether oxygens (including phenoxy) is 3. The van der Waals surface area contributed by atoms with Crippen LogP contribution in [0, 0.1) is 0 Å². The molecule has 3 rings (SSSR count). The van der Waals surface area contributed by atoms with Crippen LogP contribution in [0.15, 0.2) is 36.4 Å². The van der Waals surface area contributed by atoms with Gasteiger partial charge in [0.2, 0.25) is 10.0 Å². The highest BCUT2D eigenvalue weighted by Gasteiger charge is 2.48. The first-order valence-electron chi connectivity index (χ1n) is 11.9. The quantitative estimate of drug-likeness (QED) is 0.411. The number of carbonyl (C=O) groups excluding carboxylic acids is 1. The number of carbonyl (C=O) groups is 1. The molecule has 2 aromatic rings. The molecule has 3 N–H and O–H groups in total. The van der Waals surface area contributed by atoms with Crippen molar-refractivity contribution in [3.63, 3.8) is 0 Å². The predicted octanol–water partition coefficient (Wildman–Crippen LogP) is 4.47. The van der Waals surface area contributed by atoms with Crippen molar-refractivity contribution in [2.24, 2.45) is 0 Å². The van der Waals surface area contributed by atoms with Gasteiger partial charge in [0.25, 0.3) is 0 Å². The molecule has 0 spiro atoms. The number of aliphatic hydroxyl groups is 1. The minimum absolute atomic E-state index is 0.172. The lowest BCUT2D eigenvalue weighted by Gasteiger charge is -2.44. The number of sulfonamides is 1. The Morgan fingerprint density at radius 3 is 2.43 bits per heavy atom. The maximum Gasteiger partial charge on any atom is 0.407 e. The molecule has 0 aromatic heterocycles. The largest absolute Gasteiger partial charge is 0.495 e. The molecule has 37 heavy (non-hydrogen) atoms. The highest BCUT2D eigenvalue weighted by molar-refractivity contribution is 7.93. The van der Waals surface area contributed by atoms with Crippen molar-refractivity contribution in [1.29, 1.82) is 0 Å². The van der Waals surface area contributed by atoms with Crippen molar-refractivity contribution in [3.8, 4) is 11.5 Å². The van der Waals surface area contributed by atoms with Crippen LogP contribution < -0.4 is 19.5 Å². The van der Waals surface area contributed by atoms with Crippen molar-refractivity contribution >= 4 is 33.4 Å². The third-order valence-electron chi connectivity index (χ3n) is 6.07. The molecule has 9 nitrogen and oxygen atoms in total. The van der Waals surface area contributed by atoms with Gasteiger partial charge in [0.1, 0.15) is 28.4 Å². The first-order valence-corrected chi connectivity index (χ1v) is 14.1. The number of fused-ring (bicyclic) bond motifs is 1. The molecule has 1 aliphatic rings. The molecule has 1 amide bonds. The number of halogens is 1. The van der Waals surface area contributed by atoms with E-state index in [0.29, 0.717) is 29.8 Å². The van der Waals surface area contributed by atoms with Gasteiger partial charge in [-0.2, -0.15) is 0 Å². The average molecular weight is 555 g/mol. The van der Waals surface area contributed by atoms with Crippen LogP contribution in [0.25, 0.3) is 0 Å². The molecule has 0 saturated carbocycles. The summed E-state index contributed by atoms with van der Waals surface area (Å²) in [6.45, 7) is 9.33. The number of aliphatic hydroxyl groups excluding tert-OH is 1. The topological polar surface area (TPSA) is 123 Å². The van der Waals surface area contributed by atoms with E-state index in [-0.39, 0.29) is 11.4 Å². The van der Waals surface area contributed by atoms with Gasteiger partial charge in [0, 0.05) is 17.7 Å². The summed E-state index contributed by atoms with van der Waals surface area (Å²) in [7, 11) is -2.49. The van der Waals surface area contributed by atoms with Crippen LogP contribution in [0.5, 0.6) is 11.5 Å². The molecule has 0 aliphatic carbocycles. The second-order valence-electron chi connectivity index (χ2n) is 10.5. The minimum atomic E-state index is -3.88. The molecule has 1 heterocycles. The van der Waals surface area contributed by atoms with Crippen LogP contribution in [0.3, 0.4) is 0 Å². The van der Waals surface area contributed by atoms with E-state index in [4.69, 9.17) is 25.8 Å². The molecular weight excluding hydrogens is 520 g/mol. The molecule has 1 aliphatic heterocycles. The highest BCUT2D eigenvalue weighted by atomic mass is 35.5. The zero-order chi connectivity index (χ0) is 27.6. The highest BCUT2D eigenvalue weighted by Crippen LogP contribution is 2.52. The Kier molecular flexibility index (Phi) is 8.56. The Morgan fingerprint density at radius 1 is 1.22 bits per heavy atom.